The second kappa shape index (κ2) is 26.2. The van der Waals surface area contributed by atoms with Crippen molar-refractivity contribution in [2.75, 3.05) is 53.7 Å². The van der Waals surface area contributed by atoms with Crippen LogP contribution in [0.3, 0.4) is 0 Å². The van der Waals surface area contributed by atoms with Gasteiger partial charge in [0.2, 0.25) is 0 Å². The van der Waals surface area contributed by atoms with Crippen LogP contribution in [0.15, 0.2) is 0 Å². The van der Waals surface area contributed by atoms with Gasteiger partial charge in [0.15, 0.2) is 6.29 Å². The van der Waals surface area contributed by atoms with Crippen LogP contribution in [-0.2, 0) is 28.5 Å². The molecule has 0 aromatic carbocycles. The zero-order valence-electron chi connectivity index (χ0n) is 24.3. The molecule has 0 aliphatic rings. The Morgan fingerprint density at radius 1 is 0.703 bits per heavy atom. The van der Waals surface area contributed by atoms with E-state index in [1.807, 2.05) is 19.0 Å². The molecule has 0 saturated carbocycles. The van der Waals surface area contributed by atoms with Crippen LogP contribution in [0.25, 0.3) is 0 Å². The minimum absolute atomic E-state index is 0.0272. The Bertz CT molecular complexity index is 512. The van der Waals surface area contributed by atoms with Gasteiger partial charge in [0.1, 0.15) is 13.2 Å². The molecule has 8 nitrogen and oxygen atoms in total. The molecule has 0 spiro atoms. The summed E-state index contributed by atoms with van der Waals surface area (Å²) in [6.07, 6.45) is 13.9. The maximum atomic E-state index is 12.3. The highest BCUT2D eigenvalue weighted by molar-refractivity contribution is 5.69. The maximum Gasteiger partial charge on any atom is 0.508 e. The summed E-state index contributed by atoms with van der Waals surface area (Å²) in [6, 6.07) is 0. The van der Waals surface area contributed by atoms with Gasteiger partial charge in [-0.1, -0.05) is 78.1 Å². The molecule has 0 bridgehead atoms. The zero-order valence-corrected chi connectivity index (χ0v) is 24.3. The second-order valence-corrected chi connectivity index (χ2v) is 10.0. The smallest absolute Gasteiger partial charge is 0.465 e. The van der Waals surface area contributed by atoms with Gasteiger partial charge in [-0.3, -0.25) is 4.79 Å². The predicted octanol–water partition coefficient (Wildman–Crippen LogP) is 6.56. The number of hydrogen-bond acceptors (Lipinski definition) is 8. The molecule has 0 rings (SSSR count). The Morgan fingerprint density at radius 2 is 1.22 bits per heavy atom. The topological polar surface area (TPSA) is 83.5 Å². The Balaban J connectivity index is 4.18. The van der Waals surface area contributed by atoms with E-state index in [9.17, 15) is 9.59 Å². The molecule has 1 radical (unpaired) electrons. The van der Waals surface area contributed by atoms with Gasteiger partial charge < -0.3 is 28.6 Å². The molecule has 0 aliphatic heterocycles. The first-order valence-corrected chi connectivity index (χ1v) is 14.5. The third-order valence-electron chi connectivity index (χ3n) is 5.86. The summed E-state index contributed by atoms with van der Waals surface area (Å²) >= 11 is 0. The second-order valence-electron chi connectivity index (χ2n) is 10.0. The normalized spacial score (nSPS) is 12.2. The summed E-state index contributed by atoms with van der Waals surface area (Å²) in [5.41, 5.74) is 0. The molecule has 0 aromatic heterocycles. The van der Waals surface area contributed by atoms with Gasteiger partial charge in [-0.2, -0.15) is 0 Å². The predicted molar refractivity (Wildman–Crippen MR) is 147 cm³/mol. The van der Waals surface area contributed by atoms with Crippen LogP contribution in [0.4, 0.5) is 4.79 Å². The number of carbonyl (C=O) groups excluding carboxylic acids is 2. The van der Waals surface area contributed by atoms with E-state index in [4.69, 9.17) is 23.7 Å². The molecule has 0 aliphatic carbocycles. The lowest BCUT2D eigenvalue weighted by molar-refractivity contribution is -0.160. The molecule has 0 saturated heterocycles. The van der Waals surface area contributed by atoms with Crippen LogP contribution < -0.4 is 0 Å². The van der Waals surface area contributed by atoms with E-state index in [1.54, 1.807) is 0 Å². The van der Waals surface area contributed by atoms with Crippen LogP contribution in [-0.4, -0.2) is 77.0 Å². The Morgan fingerprint density at radius 3 is 1.76 bits per heavy atom. The first kappa shape index (κ1) is 35.6. The number of esters is 1. The molecular weight excluding hydrogens is 474 g/mol. The fraction of sp³-hybridized carbons (Fsp3) is 0.897. The quantitative estimate of drug-likeness (QED) is 0.0707. The van der Waals surface area contributed by atoms with Gasteiger partial charge in [-0.05, 0) is 33.9 Å². The summed E-state index contributed by atoms with van der Waals surface area (Å²) in [7, 11) is 3.78. The third-order valence-corrected chi connectivity index (χ3v) is 5.86. The number of carbonyl (C=O) groups is 2. The monoisotopic (exact) mass is 530 g/mol. The van der Waals surface area contributed by atoms with Crippen molar-refractivity contribution in [1.29, 1.82) is 0 Å². The molecule has 1 atom stereocenters. The molecular formula is C29H56NO7. The van der Waals surface area contributed by atoms with Gasteiger partial charge in [0, 0.05) is 32.1 Å². The van der Waals surface area contributed by atoms with Crippen molar-refractivity contribution < 1.29 is 33.3 Å². The molecule has 0 N–H and O–H groups in total. The van der Waals surface area contributed by atoms with Gasteiger partial charge in [-0.25, -0.2) is 4.79 Å². The van der Waals surface area contributed by atoms with E-state index in [2.05, 4.69) is 20.8 Å². The van der Waals surface area contributed by atoms with Crippen molar-refractivity contribution in [3.8, 4) is 0 Å². The summed E-state index contributed by atoms with van der Waals surface area (Å²) in [6.45, 7) is 10.6. The molecule has 37 heavy (non-hydrogen) atoms. The molecule has 0 amide bonds. The number of hydrogen-bond donors (Lipinski definition) is 0. The fourth-order valence-electron chi connectivity index (χ4n) is 3.52. The summed E-state index contributed by atoms with van der Waals surface area (Å²) < 4.78 is 27.2. The van der Waals surface area contributed by atoms with Crippen molar-refractivity contribution in [1.82, 2.24) is 4.90 Å². The van der Waals surface area contributed by atoms with E-state index in [0.29, 0.717) is 26.2 Å². The summed E-state index contributed by atoms with van der Waals surface area (Å²) in [5.74, 6) is -0.701. The molecule has 0 heterocycles. The van der Waals surface area contributed by atoms with Gasteiger partial charge in [0.05, 0.1) is 13.0 Å². The standard InChI is InChI=1S/C29H56NO7/c1-6-8-10-12-14-16-21-33-28(34-22-17-15-13-11-9-7-2)19-18-27(31)36-24-26(3)25-37-29(32)35-23-20-30(4)5/h26,28H,3,6-25H2,1-2,4-5H3. The van der Waals surface area contributed by atoms with E-state index >= 15 is 0 Å². The first-order valence-electron chi connectivity index (χ1n) is 14.5. The lowest BCUT2D eigenvalue weighted by Crippen LogP contribution is -2.23. The van der Waals surface area contributed by atoms with E-state index in [-0.39, 0.29) is 38.1 Å². The summed E-state index contributed by atoms with van der Waals surface area (Å²) in [5, 5.41) is 0. The number of ether oxygens (including phenoxy) is 5. The molecule has 8 heteroatoms. The highest BCUT2D eigenvalue weighted by atomic mass is 16.7. The lowest BCUT2D eigenvalue weighted by Gasteiger charge is -2.19. The van der Waals surface area contributed by atoms with Crippen LogP contribution >= 0.6 is 0 Å². The maximum absolute atomic E-state index is 12.3. The molecule has 1 unspecified atom stereocenters. The molecule has 0 fully saturated rings. The first-order chi connectivity index (χ1) is 17.9. The molecule has 219 valence electrons. The van der Waals surface area contributed by atoms with Gasteiger partial charge >= 0.3 is 12.1 Å². The average molecular weight is 531 g/mol. The SMILES string of the molecule is [CH2]C(COC(=O)CCC(OCCCCCCCC)OCCCCCCCC)COC(=O)OCCN(C)C. The number of rotatable bonds is 26. The van der Waals surface area contributed by atoms with Crippen molar-refractivity contribution in [2.24, 2.45) is 5.92 Å². The number of likely N-dealkylation sites (N-methyl/N-ethyl adjacent to an activating group) is 1. The van der Waals surface area contributed by atoms with E-state index in [1.165, 1.54) is 51.4 Å². The van der Waals surface area contributed by atoms with Crippen molar-refractivity contribution in [3.63, 3.8) is 0 Å². The number of unbranched alkanes of at least 4 members (excludes halogenated alkanes) is 10. The van der Waals surface area contributed by atoms with Gasteiger partial charge in [-0.15, -0.1) is 0 Å². The van der Waals surface area contributed by atoms with Gasteiger partial charge in [0.25, 0.3) is 0 Å². The number of nitrogens with zero attached hydrogens (tertiary/aromatic N) is 1. The largest absolute Gasteiger partial charge is 0.508 e. The van der Waals surface area contributed by atoms with Crippen LogP contribution in [0, 0.1) is 12.8 Å². The Hall–Kier alpha value is -1.38. The van der Waals surface area contributed by atoms with Crippen molar-refractivity contribution in [3.05, 3.63) is 6.92 Å². The van der Waals surface area contributed by atoms with Crippen LogP contribution in [0.2, 0.25) is 0 Å². The third kappa shape index (κ3) is 26.0. The Kier molecular flexibility index (Phi) is 25.3. The minimum Gasteiger partial charge on any atom is -0.465 e. The lowest BCUT2D eigenvalue weighted by atomic mass is 10.1. The van der Waals surface area contributed by atoms with E-state index < -0.39 is 12.4 Å². The highest BCUT2D eigenvalue weighted by Gasteiger charge is 2.15. The molecule has 0 aromatic rings. The fourth-order valence-corrected chi connectivity index (χ4v) is 3.52. The highest BCUT2D eigenvalue weighted by Crippen LogP contribution is 2.12. The van der Waals surface area contributed by atoms with Crippen molar-refractivity contribution in [2.45, 2.75) is 110 Å². The van der Waals surface area contributed by atoms with E-state index in [0.717, 1.165) is 25.7 Å². The minimum atomic E-state index is -0.741. The average Bonchev–Trinajstić information content (AvgIpc) is 2.87. The zero-order chi connectivity index (χ0) is 27.6. The van der Waals surface area contributed by atoms with Crippen molar-refractivity contribution >= 4 is 12.1 Å². The van der Waals surface area contributed by atoms with Crippen LogP contribution in [0.5, 0.6) is 0 Å². The summed E-state index contributed by atoms with van der Waals surface area (Å²) in [4.78, 5) is 25.7. The van der Waals surface area contributed by atoms with Crippen LogP contribution in [0.1, 0.15) is 104 Å². The Labute approximate surface area is 227 Å².